The van der Waals surface area contributed by atoms with E-state index in [-0.39, 0.29) is 34.8 Å². The predicted octanol–water partition coefficient (Wildman–Crippen LogP) is 7.13. The number of allylic oxidation sites excluding steroid dienone is 2. The lowest BCUT2D eigenvalue weighted by Crippen LogP contribution is -2.21. The predicted molar refractivity (Wildman–Crippen MR) is 125 cm³/mol. The molecule has 3 rings (SSSR count). The summed E-state index contributed by atoms with van der Waals surface area (Å²) in [5.74, 6) is -0.665. The van der Waals surface area contributed by atoms with Crippen molar-refractivity contribution >= 4 is 17.3 Å². The molecule has 0 aliphatic carbocycles. The van der Waals surface area contributed by atoms with Crippen LogP contribution < -0.4 is 10.5 Å². The van der Waals surface area contributed by atoms with E-state index in [0.29, 0.717) is 6.08 Å². The van der Waals surface area contributed by atoms with Crippen molar-refractivity contribution in [2.75, 3.05) is 7.05 Å². The van der Waals surface area contributed by atoms with Crippen LogP contribution in [0.15, 0.2) is 77.4 Å². The average Bonchev–Trinajstić information content (AvgIpc) is 2.81. The third kappa shape index (κ3) is 6.12. The lowest BCUT2D eigenvalue weighted by Gasteiger charge is -2.18. The number of ether oxygens (including phenoxy) is 1. The molecule has 0 unspecified atom stereocenters. The quantitative estimate of drug-likeness (QED) is 0.264. The molecule has 0 atom stereocenters. The van der Waals surface area contributed by atoms with Crippen LogP contribution in [0.4, 0.5) is 26.3 Å². The summed E-state index contributed by atoms with van der Waals surface area (Å²) in [7, 11) is 1.18. The first-order chi connectivity index (χ1) is 16.8. The first kappa shape index (κ1) is 26.9. The molecule has 0 aliphatic rings. The smallest absolute Gasteiger partial charge is 0.430 e. The summed E-state index contributed by atoms with van der Waals surface area (Å²) in [6.45, 7) is 0.00198. The Bertz CT molecular complexity index is 1300. The van der Waals surface area contributed by atoms with Crippen molar-refractivity contribution in [3.8, 4) is 22.6 Å². The number of hydrogen-bond acceptors (Lipinski definition) is 4. The maximum atomic E-state index is 13.5. The third-order valence-electron chi connectivity index (χ3n) is 5.07. The summed E-state index contributed by atoms with van der Waals surface area (Å²) in [4.78, 5) is 3.76. The summed E-state index contributed by atoms with van der Waals surface area (Å²) in [6.07, 6.45) is -9.14. The fraction of sp³-hybridized carbons (Fsp3) is 0.160. The molecule has 0 fully saturated rings. The number of phenols is 1. The average molecular weight is 529 g/mol. The van der Waals surface area contributed by atoms with Crippen LogP contribution >= 0.6 is 11.6 Å². The van der Waals surface area contributed by atoms with Crippen molar-refractivity contribution in [3.63, 3.8) is 0 Å². The topological polar surface area (TPSA) is 67.8 Å². The first-order valence-electron chi connectivity index (χ1n) is 10.2. The number of hydrogen-bond donors (Lipinski definition) is 2. The van der Waals surface area contributed by atoms with Gasteiger partial charge in [0.25, 0.3) is 0 Å². The Morgan fingerprint density at radius 1 is 1.03 bits per heavy atom. The maximum Gasteiger partial charge on any atom is 0.430 e. The minimum atomic E-state index is -4.86. The Kier molecular flexibility index (Phi) is 7.88. The van der Waals surface area contributed by atoms with Gasteiger partial charge in [-0.05, 0) is 41.5 Å². The van der Waals surface area contributed by atoms with Gasteiger partial charge in [0.05, 0.1) is 21.9 Å². The van der Waals surface area contributed by atoms with Crippen LogP contribution in [0.25, 0.3) is 11.1 Å². The second kappa shape index (κ2) is 10.5. The molecule has 0 radical (unpaired) electrons. The highest BCUT2D eigenvalue weighted by molar-refractivity contribution is 6.31. The van der Waals surface area contributed by atoms with Gasteiger partial charge in [0, 0.05) is 12.6 Å². The van der Waals surface area contributed by atoms with E-state index in [2.05, 4.69) is 4.99 Å². The van der Waals surface area contributed by atoms with E-state index in [1.54, 1.807) is 30.3 Å². The summed E-state index contributed by atoms with van der Waals surface area (Å²) in [5.41, 5.74) is 2.34. The van der Waals surface area contributed by atoms with Gasteiger partial charge in [-0.25, -0.2) is 0 Å². The van der Waals surface area contributed by atoms with Gasteiger partial charge in [-0.3, -0.25) is 4.99 Å². The summed E-state index contributed by atoms with van der Waals surface area (Å²) >= 11 is 5.73. The normalized spacial score (nSPS) is 13.1. The highest BCUT2D eigenvalue weighted by atomic mass is 35.5. The van der Waals surface area contributed by atoms with Crippen molar-refractivity contribution in [3.05, 3.63) is 94.1 Å². The molecule has 3 aromatic carbocycles. The van der Waals surface area contributed by atoms with Gasteiger partial charge in [-0.15, -0.1) is 0 Å². The largest absolute Gasteiger partial charge is 0.506 e. The molecule has 0 amide bonds. The van der Waals surface area contributed by atoms with E-state index >= 15 is 0 Å². The van der Waals surface area contributed by atoms with Gasteiger partial charge in [0.15, 0.2) is 0 Å². The lowest BCUT2D eigenvalue weighted by molar-refractivity contribution is -0.137. The van der Waals surface area contributed by atoms with Crippen molar-refractivity contribution in [1.29, 1.82) is 0 Å². The van der Waals surface area contributed by atoms with E-state index in [1.165, 1.54) is 25.2 Å². The number of nitrogens with two attached hydrogens (primary N) is 1. The number of halogens is 7. The number of alkyl halides is 6. The lowest BCUT2D eigenvalue weighted by atomic mass is 9.96. The van der Waals surface area contributed by atoms with Gasteiger partial charge >= 0.3 is 12.4 Å². The minimum absolute atomic E-state index is 0.00198. The molecule has 0 spiro atoms. The zero-order valence-electron chi connectivity index (χ0n) is 18.6. The van der Waals surface area contributed by atoms with Crippen LogP contribution in [-0.4, -0.2) is 24.0 Å². The number of phenolic OH excluding ortho intramolecular Hbond substituents is 1. The van der Waals surface area contributed by atoms with Crippen molar-refractivity contribution < 1.29 is 36.2 Å². The highest BCUT2D eigenvalue weighted by Crippen LogP contribution is 2.44. The van der Waals surface area contributed by atoms with Crippen LogP contribution in [-0.2, 0) is 12.8 Å². The number of aromatic hydroxyl groups is 1. The molecule has 0 aliphatic heterocycles. The number of aliphatic imine (C=N–C) groups is 1. The molecule has 0 saturated heterocycles. The van der Waals surface area contributed by atoms with E-state index < -0.39 is 34.4 Å². The molecule has 3 aromatic rings. The Morgan fingerprint density at radius 2 is 1.69 bits per heavy atom. The Morgan fingerprint density at radius 3 is 2.28 bits per heavy atom. The standard InChI is InChI=1S/C25H19ClF6N2O2/c1-34-19(12-21(33)25(30,31)32)16-8-10-20(36-13-14-5-3-2-4-6-14)22(23(16)35)15-7-9-18(26)17(11-15)24(27,28)29/h2-12,35H,13,33H2,1H3/b21-12-,34-19?. The van der Waals surface area contributed by atoms with E-state index in [1.807, 2.05) is 0 Å². The van der Waals surface area contributed by atoms with Crippen molar-refractivity contribution in [1.82, 2.24) is 0 Å². The summed E-state index contributed by atoms with van der Waals surface area (Å²) in [5, 5.41) is 10.5. The molecular weight excluding hydrogens is 510 g/mol. The highest BCUT2D eigenvalue weighted by Gasteiger charge is 2.34. The summed E-state index contributed by atoms with van der Waals surface area (Å²) < 4.78 is 85.2. The van der Waals surface area contributed by atoms with Crippen molar-refractivity contribution in [2.45, 2.75) is 19.0 Å². The molecule has 11 heteroatoms. The van der Waals surface area contributed by atoms with Gasteiger partial charge in [0.2, 0.25) is 0 Å². The molecule has 3 N–H and O–H groups in total. The van der Waals surface area contributed by atoms with Crippen LogP contribution in [0.2, 0.25) is 5.02 Å². The van der Waals surface area contributed by atoms with Crippen LogP contribution in [0.1, 0.15) is 16.7 Å². The Labute approximate surface area is 207 Å². The number of nitrogens with zero attached hydrogens (tertiary/aromatic N) is 1. The van der Waals surface area contributed by atoms with Crippen LogP contribution in [0.3, 0.4) is 0 Å². The zero-order valence-corrected chi connectivity index (χ0v) is 19.3. The molecule has 0 heterocycles. The van der Waals surface area contributed by atoms with E-state index in [9.17, 15) is 31.4 Å². The first-order valence-corrected chi connectivity index (χ1v) is 10.6. The van der Waals surface area contributed by atoms with Crippen LogP contribution in [0, 0.1) is 0 Å². The molecule has 0 saturated carbocycles. The van der Waals surface area contributed by atoms with Crippen molar-refractivity contribution in [2.24, 2.45) is 10.7 Å². The van der Waals surface area contributed by atoms with E-state index in [4.69, 9.17) is 22.1 Å². The minimum Gasteiger partial charge on any atom is -0.506 e. The molecule has 36 heavy (non-hydrogen) atoms. The number of rotatable bonds is 6. The summed E-state index contributed by atoms with van der Waals surface area (Å²) in [6, 6.07) is 14.3. The maximum absolute atomic E-state index is 13.5. The van der Waals surface area contributed by atoms with E-state index in [0.717, 1.165) is 17.7 Å². The van der Waals surface area contributed by atoms with Gasteiger partial charge in [-0.2, -0.15) is 26.3 Å². The monoisotopic (exact) mass is 528 g/mol. The van der Waals surface area contributed by atoms with Gasteiger partial charge in [0.1, 0.15) is 23.8 Å². The Hall–Kier alpha value is -3.66. The molecule has 0 bridgehead atoms. The fourth-order valence-corrected chi connectivity index (χ4v) is 3.53. The second-order valence-electron chi connectivity index (χ2n) is 7.51. The van der Waals surface area contributed by atoms with Gasteiger partial charge < -0.3 is 15.6 Å². The fourth-order valence-electron chi connectivity index (χ4n) is 3.30. The second-order valence-corrected chi connectivity index (χ2v) is 7.92. The molecular formula is C25H19ClF6N2O2. The number of benzene rings is 3. The van der Waals surface area contributed by atoms with Gasteiger partial charge in [-0.1, -0.05) is 48.0 Å². The third-order valence-corrected chi connectivity index (χ3v) is 5.40. The SMILES string of the molecule is CN=C(/C=C(\N)C(F)(F)F)c1ccc(OCc2ccccc2)c(-c2ccc(Cl)c(C(F)(F)F)c2)c1O. The zero-order chi connectivity index (χ0) is 26.7. The van der Waals surface area contributed by atoms with Crippen LogP contribution in [0.5, 0.6) is 11.5 Å². The Balaban J connectivity index is 2.20. The molecule has 190 valence electrons. The molecule has 0 aromatic heterocycles. The molecule has 4 nitrogen and oxygen atoms in total.